The molecule has 8 heteroatoms. The summed E-state index contributed by atoms with van der Waals surface area (Å²) >= 11 is 0. The first-order chi connectivity index (χ1) is 10.6. The molecule has 0 atom stereocenters. The average molecular weight is 331 g/mol. The quantitative estimate of drug-likeness (QED) is 0.719. The van der Waals surface area contributed by atoms with Gasteiger partial charge in [0.15, 0.2) is 17.8 Å². The molecule has 1 aromatic carbocycles. The van der Waals surface area contributed by atoms with Crippen LogP contribution in [0.25, 0.3) is 0 Å². The molecule has 0 fully saturated rings. The topological polar surface area (TPSA) is 83.1 Å². The molecule has 2 rings (SSSR count). The van der Waals surface area contributed by atoms with Crippen LogP contribution in [0.1, 0.15) is 13.8 Å². The van der Waals surface area contributed by atoms with Gasteiger partial charge in [-0.05, 0) is 26.0 Å². The predicted octanol–water partition coefficient (Wildman–Crippen LogP) is 1.14. The summed E-state index contributed by atoms with van der Waals surface area (Å²) in [6.07, 6.45) is -0.609. The zero-order valence-electron chi connectivity index (χ0n) is 12.7. The Hall–Kier alpha value is -1.35. The minimum absolute atomic E-state index is 0.0401. The third-order valence-corrected chi connectivity index (χ3v) is 4.39. The summed E-state index contributed by atoms with van der Waals surface area (Å²) in [4.78, 5) is 0.114. The van der Waals surface area contributed by atoms with Crippen molar-refractivity contribution in [2.24, 2.45) is 0 Å². The van der Waals surface area contributed by atoms with Crippen LogP contribution >= 0.6 is 0 Å². The lowest BCUT2D eigenvalue weighted by atomic mass is 10.3. The highest BCUT2D eigenvalue weighted by Crippen LogP contribution is 2.32. The maximum Gasteiger partial charge on any atom is 0.240 e. The van der Waals surface area contributed by atoms with Gasteiger partial charge in [-0.25, -0.2) is 13.1 Å². The molecular formula is C14H21NO6S. The van der Waals surface area contributed by atoms with Crippen molar-refractivity contribution in [3.05, 3.63) is 18.2 Å². The Morgan fingerprint density at radius 3 is 2.41 bits per heavy atom. The normalized spacial score (nSPS) is 14.3. The van der Waals surface area contributed by atoms with Crippen LogP contribution in [-0.2, 0) is 19.5 Å². The lowest BCUT2D eigenvalue weighted by Crippen LogP contribution is -2.35. The van der Waals surface area contributed by atoms with Gasteiger partial charge in [0.1, 0.15) is 13.2 Å². The molecule has 7 nitrogen and oxygen atoms in total. The molecule has 0 spiro atoms. The molecule has 1 N–H and O–H groups in total. The van der Waals surface area contributed by atoms with E-state index in [4.69, 9.17) is 18.9 Å². The number of rotatable bonds is 8. The summed E-state index contributed by atoms with van der Waals surface area (Å²) in [5.41, 5.74) is 0. The summed E-state index contributed by atoms with van der Waals surface area (Å²) < 4.78 is 48.5. The Kier molecular flexibility index (Phi) is 6.01. The number of hydrogen-bond acceptors (Lipinski definition) is 6. The fourth-order valence-electron chi connectivity index (χ4n) is 1.99. The van der Waals surface area contributed by atoms with Crippen molar-refractivity contribution >= 4 is 10.0 Å². The number of fused-ring (bicyclic) bond motifs is 1. The molecule has 0 saturated heterocycles. The molecule has 0 unspecified atom stereocenters. The molecule has 0 aliphatic carbocycles. The zero-order chi connectivity index (χ0) is 16.0. The summed E-state index contributed by atoms with van der Waals surface area (Å²) in [6.45, 7) is 5.43. The monoisotopic (exact) mass is 331 g/mol. The second-order valence-electron chi connectivity index (χ2n) is 4.50. The van der Waals surface area contributed by atoms with E-state index in [-0.39, 0.29) is 11.4 Å². The van der Waals surface area contributed by atoms with E-state index in [9.17, 15) is 8.42 Å². The summed E-state index contributed by atoms with van der Waals surface area (Å²) in [7, 11) is -3.67. The highest BCUT2D eigenvalue weighted by molar-refractivity contribution is 7.89. The van der Waals surface area contributed by atoms with E-state index in [1.807, 2.05) is 13.8 Å². The Balaban J connectivity index is 2.06. The molecule has 124 valence electrons. The second kappa shape index (κ2) is 7.77. The van der Waals surface area contributed by atoms with Gasteiger partial charge in [-0.3, -0.25) is 0 Å². The Morgan fingerprint density at radius 2 is 1.77 bits per heavy atom. The fraction of sp³-hybridized carbons (Fsp3) is 0.571. The van der Waals surface area contributed by atoms with E-state index >= 15 is 0 Å². The molecule has 1 heterocycles. The number of nitrogens with one attached hydrogen (secondary N) is 1. The molecule has 0 amide bonds. The van der Waals surface area contributed by atoms with Crippen LogP contribution in [0.3, 0.4) is 0 Å². The van der Waals surface area contributed by atoms with Crippen molar-refractivity contribution in [2.75, 3.05) is 33.0 Å². The molecule has 0 saturated carbocycles. The van der Waals surface area contributed by atoms with Gasteiger partial charge in [-0.2, -0.15) is 0 Å². The Bertz CT molecular complexity index is 583. The summed E-state index contributed by atoms with van der Waals surface area (Å²) in [6, 6.07) is 4.52. The molecule has 0 radical (unpaired) electrons. The molecular weight excluding hydrogens is 310 g/mol. The second-order valence-corrected chi connectivity index (χ2v) is 6.26. The van der Waals surface area contributed by atoms with Crippen LogP contribution in [0.2, 0.25) is 0 Å². The van der Waals surface area contributed by atoms with E-state index in [2.05, 4.69) is 4.72 Å². The standard InChI is InChI=1S/C14H21NO6S/c1-3-18-14(19-4-2)10-15-22(16,17)11-5-6-12-13(9-11)21-8-7-20-12/h5-6,9,14-15H,3-4,7-8,10H2,1-2H3. The van der Waals surface area contributed by atoms with Crippen LogP contribution in [0.4, 0.5) is 0 Å². The molecule has 0 aromatic heterocycles. The number of benzene rings is 1. The van der Waals surface area contributed by atoms with Crippen molar-refractivity contribution in [1.29, 1.82) is 0 Å². The van der Waals surface area contributed by atoms with Crippen molar-refractivity contribution in [3.63, 3.8) is 0 Å². The number of hydrogen-bond donors (Lipinski definition) is 1. The van der Waals surface area contributed by atoms with E-state index < -0.39 is 16.3 Å². The number of sulfonamides is 1. The fourth-order valence-corrected chi connectivity index (χ4v) is 3.02. The maximum atomic E-state index is 12.3. The van der Waals surface area contributed by atoms with Crippen molar-refractivity contribution < 1.29 is 27.4 Å². The molecule has 1 aliphatic heterocycles. The maximum absolute atomic E-state index is 12.3. The first kappa shape index (κ1) is 17.0. The molecule has 1 aliphatic rings. The molecule has 1 aromatic rings. The Labute approximate surface area is 130 Å². The van der Waals surface area contributed by atoms with Gasteiger partial charge >= 0.3 is 0 Å². The van der Waals surface area contributed by atoms with Gasteiger partial charge in [0.25, 0.3) is 0 Å². The van der Waals surface area contributed by atoms with Crippen LogP contribution in [0.5, 0.6) is 11.5 Å². The summed E-state index contributed by atoms with van der Waals surface area (Å²) in [5.74, 6) is 0.979. The third kappa shape index (κ3) is 4.33. The zero-order valence-corrected chi connectivity index (χ0v) is 13.5. The lowest BCUT2D eigenvalue weighted by Gasteiger charge is -2.20. The largest absolute Gasteiger partial charge is 0.486 e. The Morgan fingerprint density at radius 1 is 1.14 bits per heavy atom. The SMILES string of the molecule is CCOC(CNS(=O)(=O)c1ccc2c(c1)OCCO2)OCC. The van der Waals surface area contributed by atoms with Crippen molar-refractivity contribution in [1.82, 2.24) is 4.72 Å². The smallest absolute Gasteiger partial charge is 0.240 e. The number of ether oxygens (including phenoxy) is 4. The van der Waals surface area contributed by atoms with Gasteiger partial charge in [-0.15, -0.1) is 0 Å². The van der Waals surface area contributed by atoms with E-state index in [1.165, 1.54) is 12.1 Å². The average Bonchev–Trinajstić information content (AvgIpc) is 2.52. The van der Waals surface area contributed by atoms with Gasteiger partial charge < -0.3 is 18.9 Å². The first-order valence-electron chi connectivity index (χ1n) is 7.19. The highest BCUT2D eigenvalue weighted by atomic mass is 32.2. The molecule has 22 heavy (non-hydrogen) atoms. The van der Waals surface area contributed by atoms with Crippen LogP contribution in [0.15, 0.2) is 23.1 Å². The van der Waals surface area contributed by atoms with Gasteiger partial charge in [-0.1, -0.05) is 0 Å². The van der Waals surface area contributed by atoms with Crippen molar-refractivity contribution in [2.45, 2.75) is 25.0 Å². The first-order valence-corrected chi connectivity index (χ1v) is 8.67. The van der Waals surface area contributed by atoms with E-state index in [0.29, 0.717) is 37.9 Å². The van der Waals surface area contributed by atoms with Crippen molar-refractivity contribution in [3.8, 4) is 11.5 Å². The van der Waals surface area contributed by atoms with Gasteiger partial charge in [0, 0.05) is 19.3 Å². The highest BCUT2D eigenvalue weighted by Gasteiger charge is 2.20. The predicted molar refractivity (Wildman–Crippen MR) is 79.7 cm³/mol. The van der Waals surface area contributed by atoms with Crippen LogP contribution < -0.4 is 14.2 Å². The minimum atomic E-state index is -3.67. The molecule has 0 bridgehead atoms. The van der Waals surface area contributed by atoms with Crippen LogP contribution in [0, 0.1) is 0 Å². The summed E-state index contributed by atoms with van der Waals surface area (Å²) in [5, 5.41) is 0. The van der Waals surface area contributed by atoms with Gasteiger partial charge in [0.05, 0.1) is 11.4 Å². The third-order valence-electron chi connectivity index (χ3n) is 2.97. The van der Waals surface area contributed by atoms with Crippen LogP contribution in [-0.4, -0.2) is 47.7 Å². The van der Waals surface area contributed by atoms with E-state index in [1.54, 1.807) is 6.07 Å². The lowest BCUT2D eigenvalue weighted by molar-refractivity contribution is -0.130. The minimum Gasteiger partial charge on any atom is -0.486 e. The van der Waals surface area contributed by atoms with Gasteiger partial charge in [0.2, 0.25) is 10.0 Å². The van der Waals surface area contributed by atoms with E-state index in [0.717, 1.165) is 0 Å².